The maximum absolute atomic E-state index is 11.8. The van der Waals surface area contributed by atoms with Gasteiger partial charge in [-0.3, -0.25) is 4.79 Å². The predicted octanol–water partition coefficient (Wildman–Crippen LogP) is 2.45. The lowest BCUT2D eigenvalue weighted by molar-refractivity contribution is -0.127. The fourth-order valence-electron chi connectivity index (χ4n) is 2.19. The molecule has 1 amide bonds. The van der Waals surface area contributed by atoms with Gasteiger partial charge in [-0.2, -0.15) is 0 Å². The average Bonchev–Trinajstić information content (AvgIpc) is 3.02. The number of likely N-dealkylation sites (tertiary alicyclic amines) is 1. The van der Waals surface area contributed by atoms with Crippen LogP contribution in [0.4, 0.5) is 5.13 Å². The Balaban J connectivity index is 1.74. The molecule has 19 heavy (non-hydrogen) atoms. The number of hydrogen-bond donors (Lipinski definition) is 1. The number of carbonyl (C=O) groups excluding carboxylic acids is 1. The lowest BCUT2D eigenvalue weighted by Gasteiger charge is -2.10. The molecule has 0 aliphatic carbocycles. The van der Waals surface area contributed by atoms with Crippen molar-refractivity contribution < 1.29 is 4.79 Å². The van der Waals surface area contributed by atoms with Crippen LogP contribution in [0.1, 0.15) is 6.42 Å². The summed E-state index contributed by atoms with van der Waals surface area (Å²) in [4.78, 5) is 18.1. The molecule has 0 spiro atoms. The van der Waals surface area contributed by atoms with Crippen molar-refractivity contribution in [2.24, 2.45) is 0 Å². The fourth-order valence-corrected chi connectivity index (χ4v) is 2.96. The van der Waals surface area contributed by atoms with Crippen molar-refractivity contribution >= 4 is 22.4 Å². The molecule has 1 aromatic heterocycles. The lowest BCUT2D eigenvalue weighted by atomic mass is 10.2. The number of aromatic nitrogens is 1. The largest absolute Gasteiger partial charge is 0.350 e. The summed E-state index contributed by atoms with van der Waals surface area (Å²) in [6, 6.07) is 9.93. The van der Waals surface area contributed by atoms with Gasteiger partial charge in [-0.25, -0.2) is 4.98 Å². The number of hydrogen-bond acceptors (Lipinski definition) is 4. The number of nitrogens with zero attached hydrogens (tertiary/aromatic N) is 2. The van der Waals surface area contributed by atoms with Gasteiger partial charge in [-0.15, -0.1) is 11.3 Å². The van der Waals surface area contributed by atoms with Gasteiger partial charge in [-0.1, -0.05) is 30.3 Å². The number of anilines is 1. The van der Waals surface area contributed by atoms with Crippen molar-refractivity contribution in [3.8, 4) is 11.3 Å². The number of rotatable bonds is 3. The summed E-state index contributed by atoms with van der Waals surface area (Å²) in [5, 5.41) is 6.05. The number of likely N-dealkylation sites (N-methyl/N-ethyl adjacent to an activating group) is 1. The first-order chi connectivity index (χ1) is 9.24. The highest BCUT2D eigenvalue weighted by atomic mass is 32.1. The number of nitrogens with one attached hydrogen (secondary N) is 1. The molecule has 0 saturated carbocycles. The molecule has 1 fully saturated rings. The number of thiazole rings is 1. The number of carbonyl (C=O) groups is 1. The first-order valence-corrected chi connectivity index (χ1v) is 7.14. The second-order valence-corrected chi connectivity index (χ2v) is 5.51. The minimum atomic E-state index is -0.125. The Morgan fingerprint density at radius 1 is 1.37 bits per heavy atom. The Labute approximate surface area is 116 Å². The molecule has 5 heteroatoms. The van der Waals surface area contributed by atoms with Crippen LogP contribution in [-0.4, -0.2) is 35.4 Å². The van der Waals surface area contributed by atoms with E-state index in [0.29, 0.717) is 0 Å². The summed E-state index contributed by atoms with van der Waals surface area (Å²) in [7, 11) is 1.83. The van der Waals surface area contributed by atoms with Gasteiger partial charge >= 0.3 is 0 Å². The van der Waals surface area contributed by atoms with Crippen molar-refractivity contribution in [3.05, 3.63) is 35.7 Å². The molecule has 1 aliphatic rings. The van der Waals surface area contributed by atoms with E-state index in [2.05, 4.69) is 10.3 Å². The Bertz CT molecular complexity index is 581. The quantitative estimate of drug-likeness (QED) is 0.934. The minimum absolute atomic E-state index is 0.125. The molecule has 1 unspecified atom stereocenters. The molecule has 1 atom stereocenters. The highest BCUT2D eigenvalue weighted by molar-refractivity contribution is 7.14. The average molecular weight is 273 g/mol. The second-order valence-electron chi connectivity index (χ2n) is 4.65. The molecule has 0 radical (unpaired) electrons. The third kappa shape index (κ3) is 2.46. The van der Waals surface area contributed by atoms with Gasteiger partial charge in [-0.05, 0) is 6.42 Å². The third-order valence-corrected chi connectivity index (χ3v) is 4.07. The van der Waals surface area contributed by atoms with Crippen molar-refractivity contribution in [1.82, 2.24) is 9.88 Å². The van der Waals surface area contributed by atoms with E-state index < -0.39 is 0 Å². The van der Waals surface area contributed by atoms with Crippen molar-refractivity contribution in [3.63, 3.8) is 0 Å². The van der Waals surface area contributed by atoms with Gasteiger partial charge in [0.2, 0.25) is 5.91 Å². The van der Waals surface area contributed by atoms with E-state index in [-0.39, 0.29) is 11.9 Å². The van der Waals surface area contributed by atoms with Crippen molar-refractivity contribution in [2.75, 3.05) is 18.9 Å². The zero-order valence-electron chi connectivity index (χ0n) is 10.7. The van der Waals surface area contributed by atoms with Gasteiger partial charge in [0.15, 0.2) is 5.13 Å². The van der Waals surface area contributed by atoms with E-state index in [1.54, 1.807) is 16.2 Å². The monoisotopic (exact) mass is 273 g/mol. The summed E-state index contributed by atoms with van der Waals surface area (Å²) < 4.78 is 0. The maximum Gasteiger partial charge on any atom is 0.244 e. The minimum Gasteiger partial charge on any atom is -0.350 e. The molecule has 2 heterocycles. The first-order valence-electron chi connectivity index (χ1n) is 6.26. The van der Waals surface area contributed by atoms with E-state index in [9.17, 15) is 4.79 Å². The van der Waals surface area contributed by atoms with Gasteiger partial charge in [0, 0.05) is 24.5 Å². The summed E-state index contributed by atoms with van der Waals surface area (Å²) in [5.41, 5.74) is 2.05. The summed E-state index contributed by atoms with van der Waals surface area (Å²) >= 11 is 1.54. The predicted molar refractivity (Wildman–Crippen MR) is 77.2 cm³/mol. The Hall–Kier alpha value is -1.88. The molecular weight excluding hydrogens is 258 g/mol. The molecule has 4 nitrogen and oxygen atoms in total. The molecular formula is C14H15N3OS. The molecule has 3 rings (SSSR count). The molecule has 2 aromatic rings. The van der Waals surface area contributed by atoms with Gasteiger partial charge in [0.05, 0.1) is 5.69 Å². The Kier molecular flexibility index (Phi) is 3.21. The number of benzene rings is 1. The van der Waals surface area contributed by atoms with Crippen LogP contribution in [0.25, 0.3) is 11.3 Å². The highest BCUT2D eigenvalue weighted by Gasteiger charge is 2.29. The third-order valence-electron chi connectivity index (χ3n) is 3.30. The smallest absolute Gasteiger partial charge is 0.244 e. The maximum atomic E-state index is 11.8. The van der Waals surface area contributed by atoms with Crippen LogP contribution in [-0.2, 0) is 4.79 Å². The molecule has 98 valence electrons. The fraction of sp³-hybridized carbons (Fsp3) is 0.286. The summed E-state index contributed by atoms with van der Waals surface area (Å²) in [6.45, 7) is 0.813. The Morgan fingerprint density at radius 3 is 2.84 bits per heavy atom. The van der Waals surface area contributed by atoms with Gasteiger partial charge < -0.3 is 10.2 Å². The van der Waals surface area contributed by atoms with Crippen LogP contribution < -0.4 is 5.32 Å². The van der Waals surface area contributed by atoms with Crippen LogP contribution in [0.2, 0.25) is 0 Å². The highest BCUT2D eigenvalue weighted by Crippen LogP contribution is 2.26. The zero-order valence-corrected chi connectivity index (χ0v) is 11.5. The van der Waals surface area contributed by atoms with Gasteiger partial charge in [0.1, 0.15) is 6.04 Å². The van der Waals surface area contributed by atoms with Crippen LogP contribution in [0, 0.1) is 0 Å². The van der Waals surface area contributed by atoms with E-state index in [1.807, 2.05) is 42.8 Å². The zero-order chi connectivity index (χ0) is 13.2. The Morgan fingerprint density at radius 2 is 2.16 bits per heavy atom. The van der Waals surface area contributed by atoms with E-state index >= 15 is 0 Å². The topological polar surface area (TPSA) is 45.2 Å². The summed E-state index contributed by atoms with van der Waals surface area (Å²) in [5.74, 6) is 0.150. The van der Waals surface area contributed by atoms with Gasteiger partial charge in [0.25, 0.3) is 0 Å². The molecule has 1 N–H and O–H groups in total. The first kappa shape index (κ1) is 12.2. The van der Waals surface area contributed by atoms with Crippen molar-refractivity contribution in [1.29, 1.82) is 0 Å². The van der Waals surface area contributed by atoms with E-state index in [4.69, 9.17) is 0 Å². The van der Waals surface area contributed by atoms with Crippen molar-refractivity contribution in [2.45, 2.75) is 12.5 Å². The molecule has 1 saturated heterocycles. The van der Waals surface area contributed by atoms with E-state index in [1.165, 1.54) is 0 Å². The summed E-state index contributed by atoms with van der Waals surface area (Å²) in [6.07, 6.45) is 0.843. The lowest BCUT2D eigenvalue weighted by Crippen LogP contribution is -2.30. The standard InChI is InChI=1S/C14H15N3OS/c1-17-8-7-11(13(17)18)15-14-16-12(9-19-14)10-5-3-2-4-6-10/h2-6,9,11H,7-8H2,1H3,(H,15,16). The number of amides is 1. The van der Waals surface area contributed by atoms with Crippen LogP contribution in [0.3, 0.4) is 0 Å². The normalized spacial score (nSPS) is 18.9. The molecule has 1 aliphatic heterocycles. The van der Waals surface area contributed by atoms with Crippen LogP contribution in [0.15, 0.2) is 35.7 Å². The molecule has 0 bridgehead atoms. The van der Waals surface area contributed by atoms with Crippen LogP contribution in [0.5, 0.6) is 0 Å². The SMILES string of the molecule is CN1CCC(Nc2nc(-c3ccccc3)cs2)C1=O. The molecule has 1 aromatic carbocycles. The second kappa shape index (κ2) is 5.01. The van der Waals surface area contributed by atoms with Crippen LogP contribution >= 0.6 is 11.3 Å². The van der Waals surface area contributed by atoms with E-state index in [0.717, 1.165) is 29.4 Å².